The Labute approximate surface area is 110 Å². The fourth-order valence-electron chi connectivity index (χ4n) is 2.64. The van der Waals surface area contributed by atoms with Crippen LogP contribution in [-0.4, -0.2) is 48.8 Å². The Kier molecular flexibility index (Phi) is 4.25. The van der Waals surface area contributed by atoms with E-state index < -0.39 is 0 Å². The molecule has 2 atom stereocenters. The minimum atomic E-state index is 0.196. The molecule has 1 fully saturated rings. The lowest BCUT2D eigenvalue weighted by molar-refractivity contribution is 0.206. The van der Waals surface area contributed by atoms with Crippen molar-refractivity contribution in [2.24, 2.45) is 0 Å². The molecule has 18 heavy (non-hydrogen) atoms. The summed E-state index contributed by atoms with van der Waals surface area (Å²) >= 11 is 0. The number of likely N-dealkylation sites (N-methyl/N-ethyl adjacent to an activating group) is 1. The predicted molar refractivity (Wildman–Crippen MR) is 76.1 cm³/mol. The highest BCUT2D eigenvalue weighted by atomic mass is 16.3. The van der Waals surface area contributed by atoms with Crippen molar-refractivity contribution < 1.29 is 5.11 Å². The summed E-state index contributed by atoms with van der Waals surface area (Å²) in [6, 6.07) is 9.33. The van der Waals surface area contributed by atoms with E-state index in [1.807, 2.05) is 0 Å². The van der Waals surface area contributed by atoms with Crippen molar-refractivity contribution in [2.45, 2.75) is 32.4 Å². The van der Waals surface area contributed by atoms with Crippen LogP contribution in [0.25, 0.3) is 0 Å². The SMILES string of the molecule is Cc1cccc(N2CCC(C)N(C)CC2CO)c1. The van der Waals surface area contributed by atoms with Crippen molar-refractivity contribution in [1.82, 2.24) is 4.90 Å². The fraction of sp³-hybridized carbons (Fsp3) is 0.600. The second-order valence-corrected chi connectivity index (χ2v) is 5.45. The van der Waals surface area contributed by atoms with Gasteiger partial charge in [0, 0.05) is 24.8 Å². The summed E-state index contributed by atoms with van der Waals surface area (Å²) in [4.78, 5) is 4.70. The molecule has 0 aliphatic carbocycles. The number of aliphatic hydroxyl groups is 1. The van der Waals surface area contributed by atoms with Gasteiger partial charge in [-0.1, -0.05) is 12.1 Å². The normalized spacial score (nSPS) is 26.1. The van der Waals surface area contributed by atoms with E-state index >= 15 is 0 Å². The summed E-state index contributed by atoms with van der Waals surface area (Å²) in [5.41, 5.74) is 2.51. The van der Waals surface area contributed by atoms with E-state index in [2.05, 4.69) is 55.0 Å². The van der Waals surface area contributed by atoms with Crippen LogP contribution in [0.3, 0.4) is 0 Å². The molecule has 1 heterocycles. The van der Waals surface area contributed by atoms with Crippen LogP contribution < -0.4 is 4.90 Å². The van der Waals surface area contributed by atoms with E-state index in [0.29, 0.717) is 6.04 Å². The quantitative estimate of drug-likeness (QED) is 0.866. The van der Waals surface area contributed by atoms with Gasteiger partial charge in [-0.05, 0) is 45.0 Å². The summed E-state index contributed by atoms with van der Waals surface area (Å²) in [6.07, 6.45) is 1.14. The Morgan fingerprint density at radius 2 is 2.17 bits per heavy atom. The average molecular weight is 248 g/mol. The van der Waals surface area contributed by atoms with E-state index in [1.165, 1.54) is 11.3 Å². The first-order valence-corrected chi connectivity index (χ1v) is 6.76. The number of aryl methyl sites for hydroxylation is 1. The van der Waals surface area contributed by atoms with Gasteiger partial charge in [-0.2, -0.15) is 0 Å². The Morgan fingerprint density at radius 1 is 1.39 bits per heavy atom. The molecule has 100 valence electrons. The van der Waals surface area contributed by atoms with Crippen LogP contribution in [0, 0.1) is 6.92 Å². The highest BCUT2D eigenvalue weighted by molar-refractivity contribution is 5.49. The lowest BCUT2D eigenvalue weighted by atomic mass is 10.1. The second kappa shape index (κ2) is 5.72. The molecule has 1 N–H and O–H groups in total. The van der Waals surface area contributed by atoms with Gasteiger partial charge in [-0.25, -0.2) is 0 Å². The standard InChI is InChI=1S/C15H24N2O/c1-12-5-4-6-14(9-12)17-8-7-13(2)16(3)10-15(17)11-18/h4-6,9,13,15,18H,7-8,10-11H2,1-3H3. The highest BCUT2D eigenvalue weighted by Gasteiger charge is 2.26. The molecule has 0 amide bonds. The number of hydrogen-bond donors (Lipinski definition) is 1. The highest BCUT2D eigenvalue weighted by Crippen LogP contribution is 2.23. The Balaban J connectivity index is 2.24. The molecule has 0 bridgehead atoms. The molecule has 1 saturated heterocycles. The molecule has 0 radical (unpaired) electrons. The molecule has 0 aromatic heterocycles. The molecule has 2 rings (SSSR count). The van der Waals surface area contributed by atoms with Crippen molar-refractivity contribution in [3.8, 4) is 0 Å². The van der Waals surface area contributed by atoms with Gasteiger partial charge < -0.3 is 14.9 Å². The molecular formula is C15H24N2O. The van der Waals surface area contributed by atoms with Gasteiger partial charge in [0.15, 0.2) is 0 Å². The van der Waals surface area contributed by atoms with Gasteiger partial charge in [0.05, 0.1) is 12.6 Å². The van der Waals surface area contributed by atoms with Crippen molar-refractivity contribution in [3.63, 3.8) is 0 Å². The van der Waals surface area contributed by atoms with Crippen molar-refractivity contribution in [1.29, 1.82) is 0 Å². The molecule has 1 aliphatic heterocycles. The number of aliphatic hydroxyl groups excluding tert-OH is 1. The Hall–Kier alpha value is -1.06. The van der Waals surface area contributed by atoms with E-state index in [1.54, 1.807) is 0 Å². The maximum Gasteiger partial charge on any atom is 0.0647 e. The summed E-state index contributed by atoms with van der Waals surface area (Å²) in [5, 5.41) is 9.65. The molecule has 2 unspecified atom stereocenters. The zero-order valence-corrected chi connectivity index (χ0v) is 11.6. The summed E-state index contributed by atoms with van der Waals surface area (Å²) in [7, 11) is 2.15. The molecule has 0 saturated carbocycles. The summed E-state index contributed by atoms with van der Waals surface area (Å²) < 4.78 is 0. The molecule has 1 aromatic rings. The van der Waals surface area contributed by atoms with Crippen LogP contribution >= 0.6 is 0 Å². The third-order valence-corrected chi connectivity index (χ3v) is 4.02. The minimum absolute atomic E-state index is 0.196. The number of anilines is 1. The van der Waals surface area contributed by atoms with E-state index in [-0.39, 0.29) is 12.6 Å². The summed E-state index contributed by atoms with van der Waals surface area (Å²) in [6.45, 7) is 6.52. The van der Waals surface area contributed by atoms with Crippen molar-refractivity contribution >= 4 is 5.69 Å². The van der Waals surface area contributed by atoms with Crippen molar-refractivity contribution in [3.05, 3.63) is 29.8 Å². The zero-order chi connectivity index (χ0) is 13.1. The maximum absolute atomic E-state index is 9.65. The van der Waals surface area contributed by atoms with Gasteiger partial charge >= 0.3 is 0 Å². The first-order chi connectivity index (χ1) is 8.61. The number of benzene rings is 1. The van der Waals surface area contributed by atoms with Crippen LogP contribution in [0.4, 0.5) is 5.69 Å². The lowest BCUT2D eigenvalue weighted by Gasteiger charge is -2.32. The van der Waals surface area contributed by atoms with Crippen LogP contribution in [0.2, 0.25) is 0 Å². The van der Waals surface area contributed by atoms with Crippen LogP contribution in [0.1, 0.15) is 18.9 Å². The molecule has 0 spiro atoms. The smallest absolute Gasteiger partial charge is 0.0647 e. The van der Waals surface area contributed by atoms with Gasteiger partial charge in [-0.15, -0.1) is 0 Å². The molecule has 1 aromatic carbocycles. The monoisotopic (exact) mass is 248 g/mol. The van der Waals surface area contributed by atoms with E-state index in [4.69, 9.17) is 0 Å². The lowest BCUT2D eigenvalue weighted by Crippen LogP contribution is -2.43. The second-order valence-electron chi connectivity index (χ2n) is 5.45. The largest absolute Gasteiger partial charge is 0.394 e. The van der Waals surface area contributed by atoms with Gasteiger partial charge in [0.1, 0.15) is 0 Å². The van der Waals surface area contributed by atoms with Crippen LogP contribution in [-0.2, 0) is 0 Å². The first kappa shape index (κ1) is 13.4. The maximum atomic E-state index is 9.65. The molecule has 3 nitrogen and oxygen atoms in total. The number of hydrogen-bond acceptors (Lipinski definition) is 3. The van der Waals surface area contributed by atoms with Crippen LogP contribution in [0.15, 0.2) is 24.3 Å². The van der Waals surface area contributed by atoms with Crippen LogP contribution in [0.5, 0.6) is 0 Å². The topological polar surface area (TPSA) is 26.7 Å². The predicted octanol–water partition coefficient (Wildman–Crippen LogP) is 1.89. The number of nitrogens with zero attached hydrogens (tertiary/aromatic N) is 2. The average Bonchev–Trinajstić information content (AvgIpc) is 2.50. The third-order valence-electron chi connectivity index (χ3n) is 4.02. The zero-order valence-electron chi connectivity index (χ0n) is 11.6. The molecular weight excluding hydrogens is 224 g/mol. The van der Waals surface area contributed by atoms with E-state index in [0.717, 1.165) is 19.5 Å². The van der Waals surface area contributed by atoms with Gasteiger partial charge in [0.2, 0.25) is 0 Å². The van der Waals surface area contributed by atoms with E-state index in [9.17, 15) is 5.11 Å². The first-order valence-electron chi connectivity index (χ1n) is 6.76. The molecule has 1 aliphatic rings. The minimum Gasteiger partial charge on any atom is -0.394 e. The Morgan fingerprint density at radius 3 is 2.83 bits per heavy atom. The third kappa shape index (κ3) is 2.85. The molecule has 3 heteroatoms. The van der Waals surface area contributed by atoms with Gasteiger partial charge in [-0.3, -0.25) is 0 Å². The summed E-state index contributed by atoms with van der Waals surface area (Å²) in [5.74, 6) is 0. The van der Waals surface area contributed by atoms with Crippen molar-refractivity contribution in [2.75, 3.05) is 31.6 Å². The fourth-order valence-corrected chi connectivity index (χ4v) is 2.64. The number of rotatable bonds is 2. The van der Waals surface area contributed by atoms with Gasteiger partial charge in [0.25, 0.3) is 0 Å². The Bertz CT molecular complexity index is 394.